The summed E-state index contributed by atoms with van der Waals surface area (Å²) in [5, 5.41) is 15.7. The smallest absolute Gasteiger partial charge is 0.306 e. The summed E-state index contributed by atoms with van der Waals surface area (Å²) in [6.45, 7) is 1.85. The van der Waals surface area contributed by atoms with Crippen molar-refractivity contribution >= 4 is 5.97 Å². The first-order valence-electron chi connectivity index (χ1n) is 4.78. The molecule has 0 bridgehead atoms. The van der Waals surface area contributed by atoms with E-state index in [1.165, 1.54) is 0 Å². The quantitative estimate of drug-likeness (QED) is 0.740. The highest BCUT2D eigenvalue weighted by Crippen LogP contribution is 2.36. The van der Waals surface area contributed by atoms with Crippen LogP contribution < -0.4 is 0 Å². The molecule has 1 aliphatic carbocycles. The van der Waals surface area contributed by atoms with Gasteiger partial charge in [0.25, 0.3) is 0 Å². The molecule has 0 spiro atoms. The molecule has 1 aromatic rings. The summed E-state index contributed by atoms with van der Waals surface area (Å²) in [4.78, 5) is 15.0. The van der Waals surface area contributed by atoms with Crippen molar-refractivity contribution in [1.82, 2.24) is 15.2 Å². The first kappa shape index (κ1) is 9.18. The molecule has 5 nitrogen and oxygen atoms in total. The van der Waals surface area contributed by atoms with Crippen LogP contribution in [0.4, 0.5) is 0 Å². The van der Waals surface area contributed by atoms with E-state index in [0.717, 1.165) is 24.5 Å². The second-order valence-corrected chi connectivity index (χ2v) is 3.82. The number of aliphatic carboxylic acids is 1. The van der Waals surface area contributed by atoms with Crippen LogP contribution in [0.25, 0.3) is 0 Å². The molecule has 0 aromatic carbocycles. The second-order valence-electron chi connectivity index (χ2n) is 3.82. The van der Waals surface area contributed by atoms with E-state index in [-0.39, 0.29) is 11.8 Å². The molecule has 5 heteroatoms. The third-order valence-electron chi connectivity index (χ3n) is 2.76. The summed E-state index contributed by atoms with van der Waals surface area (Å²) in [6.07, 6.45) is 2.30. The lowest BCUT2D eigenvalue weighted by molar-refractivity contribution is -0.141. The van der Waals surface area contributed by atoms with Crippen molar-refractivity contribution in [3.8, 4) is 0 Å². The predicted molar refractivity (Wildman–Crippen MR) is 48.8 cm³/mol. The van der Waals surface area contributed by atoms with Gasteiger partial charge in [0.1, 0.15) is 5.82 Å². The molecule has 2 rings (SSSR count). The van der Waals surface area contributed by atoms with Crippen LogP contribution in [0.2, 0.25) is 0 Å². The summed E-state index contributed by atoms with van der Waals surface area (Å²) in [5.41, 5.74) is 0. The predicted octanol–water partition coefficient (Wildman–Crippen LogP) is 1.08. The highest BCUT2D eigenvalue weighted by Gasteiger charge is 2.32. The van der Waals surface area contributed by atoms with Gasteiger partial charge < -0.3 is 5.11 Å². The van der Waals surface area contributed by atoms with Gasteiger partial charge in [-0.05, 0) is 26.2 Å². The standard InChI is InChI=1S/C9H13N3O2/c1-5-10-8(12-11-5)6-2-3-7(4-6)9(13)14/h6-7H,2-4H2,1H3,(H,13,14)(H,10,11,12). The van der Waals surface area contributed by atoms with Gasteiger partial charge in [-0.2, -0.15) is 5.10 Å². The SMILES string of the molecule is Cc1nc(C2CCC(C(=O)O)C2)n[nH]1. The van der Waals surface area contributed by atoms with Gasteiger partial charge in [-0.1, -0.05) is 0 Å². The number of carboxylic acids is 1. The number of aromatic nitrogens is 3. The van der Waals surface area contributed by atoms with Crippen molar-refractivity contribution in [2.24, 2.45) is 5.92 Å². The van der Waals surface area contributed by atoms with Crippen molar-refractivity contribution in [3.63, 3.8) is 0 Å². The van der Waals surface area contributed by atoms with E-state index in [4.69, 9.17) is 5.11 Å². The number of rotatable bonds is 2. The third kappa shape index (κ3) is 1.62. The van der Waals surface area contributed by atoms with Gasteiger partial charge in [0.15, 0.2) is 5.82 Å². The third-order valence-corrected chi connectivity index (χ3v) is 2.76. The molecule has 0 saturated heterocycles. The number of carboxylic acid groups (broad SMARTS) is 1. The molecule has 2 unspecified atom stereocenters. The molecule has 1 saturated carbocycles. The summed E-state index contributed by atoms with van der Waals surface area (Å²) >= 11 is 0. The number of hydrogen-bond acceptors (Lipinski definition) is 3. The van der Waals surface area contributed by atoms with Crippen LogP contribution >= 0.6 is 0 Å². The number of aryl methyl sites for hydroxylation is 1. The Kier molecular flexibility index (Phi) is 2.23. The molecule has 0 amide bonds. The van der Waals surface area contributed by atoms with E-state index in [0.29, 0.717) is 6.42 Å². The maximum atomic E-state index is 10.7. The van der Waals surface area contributed by atoms with Crippen molar-refractivity contribution in [2.45, 2.75) is 32.1 Å². The minimum Gasteiger partial charge on any atom is -0.481 e. The van der Waals surface area contributed by atoms with E-state index < -0.39 is 5.97 Å². The van der Waals surface area contributed by atoms with Crippen LogP contribution in [-0.2, 0) is 4.79 Å². The van der Waals surface area contributed by atoms with Crippen LogP contribution in [0, 0.1) is 12.8 Å². The number of H-pyrrole nitrogens is 1. The van der Waals surface area contributed by atoms with Gasteiger partial charge in [0, 0.05) is 5.92 Å². The molecule has 0 aliphatic heterocycles. The van der Waals surface area contributed by atoms with Crippen molar-refractivity contribution in [1.29, 1.82) is 0 Å². The fourth-order valence-corrected chi connectivity index (χ4v) is 1.98. The van der Waals surface area contributed by atoms with Crippen LogP contribution in [0.1, 0.15) is 36.8 Å². The number of aromatic amines is 1. The van der Waals surface area contributed by atoms with Crippen LogP contribution in [-0.4, -0.2) is 26.3 Å². The van der Waals surface area contributed by atoms with Crippen molar-refractivity contribution in [3.05, 3.63) is 11.6 Å². The fourth-order valence-electron chi connectivity index (χ4n) is 1.98. The molecule has 76 valence electrons. The Labute approximate surface area is 81.6 Å². The normalized spacial score (nSPS) is 26.6. The largest absolute Gasteiger partial charge is 0.481 e. The monoisotopic (exact) mass is 195 g/mol. The Bertz CT molecular complexity index is 348. The maximum Gasteiger partial charge on any atom is 0.306 e. The summed E-state index contributed by atoms with van der Waals surface area (Å²) < 4.78 is 0. The van der Waals surface area contributed by atoms with E-state index in [1.807, 2.05) is 6.92 Å². The number of nitrogens with one attached hydrogen (secondary N) is 1. The molecule has 1 aromatic heterocycles. The van der Waals surface area contributed by atoms with E-state index >= 15 is 0 Å². The van der Waals surface area contributed by atoms with Gasteiger partial charge in [-0.25, -0.2) is 4.98 Å². The molecule has 1 fully saturated rings. The van der Waals surface area contributed by atoms with Gasteiger partial charge in [-0.15, -0.1) is 0 Å². The Morgan fingerprint density at radius 1 is 1.57 bits per heavy atom. The molecule has 14 heavy (non-hydrogen) atoms. The molecule has 0 radical (unpaired) electrons. The highest BCUT2D eigenvalue weighted by molar-refractivity contribution is 5.70. The lowest BCUT2D eigenvalue weighted by Gasteiger charge is -2.03. The lowest BCUT2D eigenvalue weighted by Crippen LogP contribution is -2.09. The molecule has 1 aliphatic rings. The minimum atomic E-state index is -0.695. The number of nitrogens with zero attached hydrogens (tertiary/aromatic N) is 2. The summed E-state index contributed by atoms with van der Waals surface area (Å²) in [5.74, 6) is 0.879. The van der Waals surface area contributed by atoms with Crippen molar-refractivity contribution < 1.29 is 9.90 Å². The summed E-state index contributed by atoms with van der Waals surface area (Å²) in [6, 6.07) is 0. The van der Waals surface area contributed by atoms with Crippen LogP contribution in [0.15, 0.2) is 0 Å². The first-order valence-corrected chi connectivity index (χ1v) is 4.78. The lowest BCUT2D eigenvalue weighted by atomic mass is 10.0. The van der Waals surface area contributed by atoms with Gasteiger partial charge in [0.2, 0.25) is 0 Å². The molecule has 1 heterocycles. The maximum absolute atomic E-state index is 10.7. The van der Waals surface area contributed by atoms with E-state index in [2.05, 4.69) is 15.2 Å². The molecular weight excluding hydrogens is 182 g/mol. The summed E-state index contributed by atoms with van der Waals surface area (Å²) in [7, 11) is 0. The Hall–Kier alpha value is -1.39. The first-order chi connectivity index (χ1) is 6.66. The highest BCUT2D eigenvalue weighted by atomic mass is 16.4. The van der Waals surface area contributed by atoms with Gasteiger partial charge >= 0.3 is 5.97 Å². The average Bonchev–Trinajstić information content (AvgIpc) is 2.70. The Morgan fingerprint density at radius 2 is 2.36 bits per heavy atom. The second kappa shape index (κ2) is 3.40. The Balaban J connectivity index is 2.05. The van der Waals surface area contributed by atoms with Gasteiger partial charge in [0.05, 0.1) is 5.92 Å². The van der Waals surface area contributed by atoms with Crippen LogP contribution in [0.5, 0.6) is 0 Å². The molecule has 2 atom stereocenters. The fraction of sp³-hybridized carbons (Fsp3) is 0.667. The zero-order chi connectivity index (χ0) is 10.1. The number of carbonyl (C=O) groups is 1. The zero-order valence-corrected chi connectivity index (χ0v) is 8.03. The van der Waals surface area contributed by atoms with Gasteiger partial charge in [-0.3, -0.25) is 9.89 Å². The molecule has 2 N–H and O–H groups in total. The molecular formula is C9H13N3O2. The van der Waals surface area contributed by atoms with E-state index in [1.54, 1.807) is 0 Å². The van der Waals surface area contributed by atoms with E-state index in [9.17, 15) is 4.79 Å². The Morgan fingerprint density at radius 3 is 2.86 bits per heavy atom. The van der Waals surface area contributed by atoms with Crippen molar-refractivity contribution in [2.75, 3.05) is 0 Å². The number of hydrogen-bond donors (Lipinski definition) is 2. The topological polar surface area (TPSA) is 78.9 Å². The minimum absolute atomic E-state index is 0.209. The average molecular weight is 195 g/mol. The zero-order valence-electron chi connectivity index (χ0n) is 8.03. The van der Waals surface area contributed by atoms with Crippen LogP contribution in [0.3, 0.4) is 0 Å².